The van der Waals surface area contributed by atoms with Gasteiger partial charge in [0.1, 0.15) is 23.1 Å². The number of hydrogen-bond donors (Lipinski definition) is 1. The number of aromatic nitrogens is 4. The van der Waals surface area contributed by atoms with Crippen LogP contribution in [0.4, 0.5) is 19.3 Å². The van der Waals surface area contributed by atoms with Gasteiger partial charge in [0.15, 0.2) is 5.82 Å². The van der Waals surface area contributed by atoms with E-state index >= 15 is 4.39 Å². The largest absolute Gasteiger partial charge is 0.443 e. The number of hydrogen-bond acceptors (Lipinski definition) is 5. The van der Waals surface area contributed by atoms with Crippen LogP contribution in [-0.4, -0.2) is 31.0 Å². The topological polar surface area (TPSA) is 74.0 Å². The number of carbonyl (C=O) groups is 1. The van der Waals surface area contributed by atoms with Crippen molar-refractivity contribution < 1.29 is 18.3 Å². The van der Waals surface area contributed by atoms with Gasteiger partial charge in [-0.15, -0.1) is 10.2 Å². The van der Waals surface area contributed by atoms with Crippen molar-refractivity contribution in [1.29, 1.82) is 0 Å². The van der Waals surface area contributed by atoms with Crippen LogP contribution in [-0.2, 0) is 10.3 Å². The van der Waals surface area contributed by atoms with Gasteiger partial charge in [0, 0.05) is 27.2 Å². The molecule has 7 nitrogen and oxygen atoms in total. The first kappa shape index (κ1) is 24.4. The summed E-state index contributed by atoms with van der Waals surface area (Å²) >= 11 is 3.42. The van der Waals surface area contributed by atoms with Crippen molar-refractivity contribution in [3.63, 3.8) is 0 Å². The Morgan fingerprint density at radius 2 is 1.83 bits per heavy atom. The first-order valence-electron chi connectivity index (χ1n) is 11.5. The molecule has 1 aliphatic rings. The highest BCUT2D eigenvalue weighted by molar-refractivity contribution is 9.10. The first-order chi connectivity index (χ1) is 16.7. The fourth-order valence-electron chi connectivity index (χ4n) is 4.84. The Morgan fingerprint density at radius 3 is 2.50 bits per heavy atom. The van der Waals surface area contributed by atoms with Crippen LogP contribution in [0.25, 0.3) is 27.7 Å². The molecule has 1 N–H and O–H groups in total. The molecule has 1 aliphatic heterocycles. The van der Waals surface area contributed by atoms with Crippen molar-refractivity contribution in [3.8, 4) is 16.8 Å². The number of halogens is 3. The molecule has 0 spiro atoms. The van der Waals surface area contributed by atoms with Crippen LogP contribution in [0.3, 0.4) is 0 Å². The van der Waals surface area contributed by atoms with Crippen LogP contribution in [0, 0.1) is 25.5 Å². The maximum atomic E-state index is 15.9. The maximum absolute atomic E-state index is 15.9. The number of benzene rings is 2. The van der Waals surface area contributed by atoms with Gasteiger partial charge >= 0.3 is 6.09 Å². The highest BCUT2D eigenvalue weighted by atomic mass is 79.9. The molecule has 2 aromatic heterocycles. The molecule has 5 rings (SSSR count). The predicted molar refractivity (Wildman–Crippen MR) is 138 cm³/mol. The lowest BCUT2D eigenvalue weighted by Gasteiger charge is -2.35. The number of aryl methyl sites for hydroxylation is 1. The van der Waals surface area contributed by atoms with Gasteiger partial charge in [-0.3, -0.25) is 9.13 Å². The van der Waals surface area contributed by atoms with E-state index in [9.17, 15) is 9.18 Å². The number of nitrogens with one attached hydrogen (secondary N) is 1. The average molecular weight is 558 g/mol. The van der Waals surface area contributed by atoms with Crippen molar-refractivity contribution in [1.82, 2.24) is 19.3 Å². The fourth-order valence-corrected chi connectivity index (χ4v) is 5.35. The summed E-state index contributed by atoms with van der Waals surface area (Å²) in [4.78, 5) is 13.1. The highest BCUT2D eigenvalue weighted by Crippen LogP contribution is 2.45. The van der Waals surface area contributed by atoms with Gasteiger partial charge in [0.25, 0.3) is 0 Å². The lowest BCUT2D eigenvalue weighted by Crippen LogP contribution is -2.36. The van der Waals surface area contributed by atoms with Crippen LogP contribution in [0.5, 0.6) is 0 Å². The Morgan fingerprint density at radius 1 is 1.14 bits per heavy atom. The molecule has 0 radical (unpaired) electrons. The standard InChI is InChI=1S/C26H26BrF2N5O2/c1-12-20(18(29)10-19-21(12)34-13(2)31-32-23(34)26(6,7)30-19)16-9-14(28)8-15-17(27)11-33(22(15)16)24(35)36-25(3,4)5/h8-11,30H,1-7H3. The minimum Gasteiger partial charge on any atom is -0.443 e. The van der Waals surface area contributed by atoms with Crippen LogP contribution in [0.15, 0.2) is 28.9 Å². The zero-order valence-electron chi connectivity index (χ0n) is 21.0. The molecular formula is C26H26BrF2N5O2. The van der Waals surface area contributed by atoms with Crippen LogP contribution in [0.2, 0.25) is 0 Å². The van der Waals surface area contributed by atoms with Crippen LogP contribution in [0.1, 0.15) is 51.8 Å². The van der Waals surface area contributed by atoms with E-state index in [-0.39, 0.29) is 11.1 Å². The Hall–Kier alpha value is -3.27. The van der Waals surface area contributed by atoms with E-state index in [1.165, 1.54) is 29.0 Å². The molecule has 36 heavy (non-hydrogen) atoms. The Labute approximate surface area is 215 Å². The van der Waals surface area contributed by atoms with E-state index in [1.807, 2.05) is 25.3 Å². The van der Waals surface area contributed by atoms with E-state index in [1.54, 1.807) is 27.7 Å². The fraction of sp³-hybridized carbons (Fsp3) is 0.346. The third kappa shape index (κ3) is 3.70. The summed E-state index contributed by atoms with van der Waals surface area (Å²) in [5.41, 5.74) is 1.21. The molecule has 4 aromatic rings. The quantitative estimate of drug-likeness (QED) is 0.273. The minimum atomic E-state index is -0.756. The minimum absolute atomic E-state index is 0.175. The number of rotatable bonds is 1. The van der Waals surface area contributed by atoms with Gasteiger partial charge in [-0.1, -0.05) is 0 Å². The number of ether oxygens (including phenoxy) is 1. The van der Waals surface area contributed by atoms with Gasteiger partial charge < -0.3 is 10.1 Å². The zero-order valence-corrected chi connectivity index (χ0v) is 22.6. The lowest BCUT2D eigenvalue weighted by molar-refractivity contribution is 0.0544. The number of nitrogens with zero attached hydrogens (tertiary/aromatic N) is 4. The summed E-state index contributed by atoms with van der Waals surface area (Å²) in [5.74, 6) is 0.212. The Bertz CT molecular complexity index is 1580. The molecular weight excluding hydrogens is 532 g/mol. The van der Waals surface area contributed by atoms with Gasteiger partial charge in [-0.2, -0.15) is 0 Å². The molecule has 0 bridgehead atoms. The van der Waals surface area contributed by atoms with Crippen molar-refractivity contribution in [2.75, 3.05) is 5.32 Å². The summed E-state index contributed by atoms with van der Waals surface area (Å²) in [6.07, 6.45) is 0.863. The Balaban J connectivity index is 1.84. The monoisotopic (exact) mass is 557 g/mol. The molecule has 0 atom stereocenters. The van der Waals surface area contributed by atoms with Gasteiger partial charge in [-0.05, 0) is 88.2 Å². The smallest absolute Gasteiger partial charge is 0.419 e. The van der Waals surface area contributed by atoms with Gasteiger partial charge in [0.2, 0.25) is 0 Å². The molecule has 0 aliphatic carbocycles. The Kier molecular flexibility index (Phi) is 5.34. The molecule has 2 aromatic carbocycles. The predicted octanol–water partition coefficient (Wildman–Crippen LogP) is 6.99. The first-order valence-corrected chi connectivity index (χ1v) is 12.3. The summed E-state index contributed by atoms with van der Waals surface area (Å²) < 4.78 is 40.0. The number of fused-ring (bicyclic) bond motifs is 4. The molecule has 0 saturated carbocycles. The molecule has 188 valence electrons. The molecule has 0 unspecified atom stereocenters. The summed E-state index contributed by atoms with van der Waals surface area (Å²) in [6, 6.07) is 3.95. The third-order valence-electron chi connectivity index (χ3n) is 6.22. The lowest BCUT2D eigenvalue weighted by atomic mass is 9.92. The average Bonchev–Trinajstić information content (AvgIpc) is 3.27. The van der Waals surface area contributed by atoms with E-state index < -0.39 is 28.9 Å². The summed E-state index contributed by atoms with van der Waals surface area (Å²) in [7, 11) is 0. The number of anilines is 1. The second-order valence-electron chi connectivity index (χ2n) is 10.6. The van der Waals surface area contributed by atoms with E-state index in [2.05, 4.69) is 31.4 Å². The zero-order chi connectivity index (χ0) is 26.3. The van der Waals surface area contributed by atoms with Crippen LogP contribution < -0.4 is 5.32 Å². The van der Waals surface area contributed by atoms with E-state index in [0.29, 0.717) is 44.0 Å². The molecule has 3 heterocycles. The second-order valence-corrected chi connectivity index (χ2v) is 11.4. The van der Waals surface area contributed by atoms with Crippen molar-refractivity contribution in [3.05, 3.63) is 57.7 Å². The summed E-state index contributed by atoms with van der Waals surface area (Å²) in [6.45, 7) is 12.8. The SMILES string of the molecule is Cc1c(-c2cc(F)cc3c(Br)cn(C(=O)OC(C)(C)C)c23)c(F)cc2c1-n1c(C)nnc1C(C)(C)N2. The normalized spacial score (nSPS) is 14.4. The van der Waals surface area contributed by atoms with Gasteiger partial charge in [0.05, 0.1) is 22.4 Å². The summed E-state index contributed by atoms with van der Waals surface area (Å²) in [5, 5.41) is 12.4. The van der Waals surface area contributed by atoms with Crippen LogP contribution >= 0.6 is 15.9 Å². The molecule has 0 saturated heterocycles. The number of carbonyl (C=O) groups excluding carboxylic acids is 1. The molecule has 0 fully saturated rings. The van der Waals surface area contributed by atoms with Crippen molar-refractivity contribution in [2.45, 2.75) is 59.6 Å². The van der Waals surface area contributed by atoms with E-state index in [0.717, 1.165) is 0 Å². The highest BCUT2D eigenvalue weighted by Gasteiger charge is 2.36. The van der Waals surface area contributed by atoms with Gasteiger partial charge in [-0.25, -0.2) is 13.6 Å². The second kappa shape index (κ2) is 7.86. The van der Waals surface area contributed by atoms with Crippen molar-refractivity contribution in [2.24, 2.45) is 0 Å². The third-order valence-corrected chi connectivity index (χ3v) is 6.86. The van der Waals surface area contributed by atoms with E-state index in [4.69, 9.17) is 4.74 Å². The molecule has 0 amide bonds. The van der Waals surface area contributed by atoms with Crippen molar-refractivity contribution >= 4 is 38.6 Å². The maximum Gasteiger partial charge on any atom is 0.419 e. The molecule has 10 heteroatoms.